The summed E-state index contributed by atoms with van der Waals surface area (Å²) in [4.78, 5) is 0. The van der Waals surface area contributed by atoms with Crippen LogP contribution in [0.15, 0.2) is 54.6 Å². The smallest absolute Gasteiger partial charge is 0.185 e. The molecule has 1 aromatic heterocycles. The first kappa shape index (κ1) is 15.9. The van der Waals surface area contributed by atoms with Gasteiger partial charge in [-0.25, -0.2) is 4.68 Å². The number of rotatable bonds is 5. The van der Waals surface area contributed by atoms with Gasteiger partial charge in [0, 0.05) is 0 Å². The third-order valence-corrected chi connectivity index (χ3v) is 4.32. The van der Waals surface area contributed by atoms with Gasteiger partial charge in [-0.15, -0.1) is 5.10 Å². The van der Waals surface area contributed by atoms with Crippen molar-refractivity contribution in [3.63, 3.8) is 0 Å². The zero-order chi connectivity index (χ0) is 16.9. The molecule has 120 valence electrons. The number of nitrogens with zero attached hydrogens (tertiary/aromatic N) is 4. The van der Waals surface area contributed by atoms with Crippen LogP contribution in [0.1, 0.15) is 41.0 Å². The molecule has 24 heavy (non-hydrogen) atoms. The van der Waals surface area contributed by atoms with Crippen molar-refractivity contribution in [2.45, 2.75) is 32.7 Å². The predicted octanol–water partition coefficient (Wildman–Crippen LogP) is 3.85. The fraction of sp³-hybridized carbons (Fsp3) is 0.250. The molecular formula is C20H20N4. The molecule has 2 aromatic carbocycles. The molecule has 0 saturated heterocycles. The first-order valence-corrected chi connectivity index (χ1v) is 8.13. The van der Waals surface area contributed by atoms with E-state index in [9.17, 15) is 5.26 Å². The summed E-state index contributed by atoms with van der Waals surface area (Å²) in [6.07, 6.45) is 1.61. The molecule has 0 aliphatic heterocycles. The molecule has 0 saturated carbocycles. The Morgan fingerprint density at radius 1 is 1.04 bits per heavy atom. The Morgan fingerprint density at radius 2 is 1.75 bits per heavy atom. The molecule has 4 nitrogen and oxygen atoms in total. The summed E-state index contributed by atoms with van der Waals surface area (Å²) in [6.45, 7) is 4.17. The molecule has 0 radical (unpaired) electrons. The van der Waals surface area contributed by atoms with Gasteiger partial charge in [0.05, 0.1) is 11.7 Å². The molecule has 3 aromatic rings. The van der Waals surface area contributed by atoms with Crippen molar-refractivity contribution in [2.24, 2.45) is 0 Å². The van der Waals surface area contributed by atoms with E-state index in [4.69, 9.17) is 0 Å². The number of aromatic nitrogens is 3. The normalized spacial score (nSPS) is 11.9. The van der Waals surface area contributed by atoms with Gasteiger partial charge in [-0.2, -0.15) is 5.26 Å². The van der Waals surface area contributed by atoms with Crippen molar-refractivity contribution in [1.82, 2.24) is 15.0 Å². The molecule has 0 amide bonds. The summed E-state index contributed by atoms with van der Waals surface area (Å²) in [6, 6.07) is 20.9. The summed E-state index contributed by atoms with van der Waals surface area (Å²) in [5.41, 5.74) is 4.98. The number of nitriles is 1. The summed E-state index contributed by atoms with van der Waals surface area (Å²) < 4.78 is 1.88. The van der Waals surface area contributed by atoms with Crippen LogP contribution in [0.4, 0.5) is 0 Å². The largest absolute Gasteiger partial charge is 0.241 e. The van der Waals surface area contributed by atoms with Crippen molar-refractivity contribution < 1.29 is 0 Å². The molecule has 0 aliphatic carbocycles. The fourth-order valence-corrected chi connectivity index (χ4v) is 2.83. The monoisotopic (exact) mass is 316 g/mol. The highest BCUT2D eigenvalue weighted by molar-refractivity contribution is 5.29. The lowest BCUT2D eigenvalue weighted by atomic mass is 10.0. The van der Waals surface area contributed by atoms with Gasteiger partial charge < -0.3 is 0 Å². The van der Waals surface area contributed by atoms with Crippen LogP contribution < -0.4 is 0 Å². The van der Waals surface area contributed by atoms with Gasteiger partial charge in [-0.05, 0) is 37.8 Å². The van der Waals surface area contributed by atoms with Crippen LogP contribution in [0.2, 0.25) is 0 Å². The second kappa shape index (κ2) is 7.10. The Morgan fingerprint density at radius 3 is 2.42 bits per heavy atom. The van der Waals surface area contributed by atoms with Gasteiger partial charge in [-0.3, -0.25) is 0 Å². The van der Waals surface area contributed by atoms with Crippen LogP contribution in [0.5, 0.6) is 0 Å². The quantitative estimate of drug-likeness (QED) is 0.718. The number of hydrogen-bond donors (Lipinski definition) is 0. The van der Waals surface area contributed by atoms with Gasteiger partial charge >= 0.3 is 0 Å². The number of benzene rings is 2. The van der Waals surface area contributed by atoms with Crippen molar-refractivity contribution in [2.75, 3.05) is 0 Å². The molecule has 0 aliphatic rings. The van der Waals surface area contributed by atoms with Crippen LogP contribution in [-0.4, -0.2) is 15.0 Å². The van der Waals surface area contributed by atoms with Gasteiger partial charge in [0.25, 0.3) is 0 Å². The highest BCUT2D eigenvalue weighted by Gasteiger charge is 2.18. The Balaban J connectivity index is 1.85. The molecule has 0 fully saturated rings. The van der Waals surface area contributed by atoms with Gasteiger partial charge in [0.15, 0.2) is 5.69 Å². The summed E-state index contributed by atoms with van der Waals surface area (Å²) in [7, 11) is 0. The lowest BCUT2D eigenvalue weighted by Crippen LogP contribution is -2.13. The third-order valence-electron chi connectivity index (χ3n) is 4.32. The lowest BCUT2D eigenvalue weighted by Gasteiger charge is -2.15. The van der Waals surface area contributed by atoms with Crippen LogP contribution in [-0.2, 0) is 12.8 Å². The molecule has 1 heterocycles. The van der Waals surface area contributed by atoms with E-state index in [-0.39, 0.29) is 6.04 Å². The summed E-state index contributed by atoms with van der Waals surface area (Å²) in [5.74, 6) is 0. The number of aryl methyl sites for hydroxylation is 2. The van der Waals surface area contributed by atoms with E-state index >= 15 is 0 Å². The van der Waals surface area contributed by atoms with Crippen LogP contribution >= 0.6 is 0 Å². The minimum Gasteiger partial charge on any atom is -0.241 e. The second-order valence-corrected chi connectivity index (χ2v) is 6.01. The molecule has 3 rings (SSSR count). The first-order valence-electron chi connectivity index (χ1n) is 8.13. The molecular weight excluding hydrogens is 296 g/mol. The molecule has 1 unspecified atom stereocenters. The van der Waals surface area contributed by atoms with Gasteiger partial charge in [0.2, 0.25) is 0 Å². The second-order valence-electron chi connectivity index (χ2n) is 6.01. The molecule has 0 N–H and O–H groups in total. The van der Waals surface area contributed by atoms with Crippen LogP contribution in [0.3, 0.4) is 0 Å². The highest BCUT2D eigenvalue weighted by Crippen LogP contribution is 2.21. The van der Waals surface area contributed by atoms with Gasteiger partial charge in [0.1, 0.15) is 6.07 Å². The average molecular weight is 316 g/mol. The Bertz CT molecular complexity index is 842. The minimum atomic E-state index is 0.0498. The maximum Gasteiger partial charge on any atom is 0.185 e. The van der Waals surface area contributed by atoms with E-state index in [1.165, 1.54) is 11.1 Å². The van der Waals surface area contributed by atoms with E-state index < -0.39 is 0 Å². The Hall–Kier alpha value is -2.93. The average Bonchev–Trinajstić information content (AvgIpc) is 3.04. The maximum absolute atomic E-state index is 9.35. The SMILES string of the molecule is Cc1ccc(CCc2c(C#N)nnn2C(C)c2ccccc2)cc1. The lowest BCUT2D eigenvalue weighted by molar-refractivity contribution is 0.520. The topological polar surface area (TPSA) is 54.5 Å². The van der Waals surface area contributed by atoms with Crippen LogP contribution in [0, 0.1) is 18.3 Å². The molecule has 4 heteroatoms. The third kappa shape index (κ3) is 3.36. The Labute approximate surface area is 142 Å². The van der Waals surface area contributed by atoms with E-state index in [0.29, 0.717) is 5.69 Å². The Kier molecular flexibility index (Phi) is 4.72. The van der Waals surface area contributed by atoms with Crippen molar-refractivity contribution >= 4 is 0 Å². The van der Waals surface area contributed by atoms with Crippen molar-refractivity contribution in [3.8, 4) is 6.07 Å². The fourth-order valence-electron chi connectivity index (χ4n) is 2.83. The van der Waals surface area contributed by atoms with E-state index in [2.05, 4.69) is 66.6 Å². The molecule has 0 bridgehead atoms. The predicted molar refractivity (Wildman–Crippen MR) is 93.6 cm³/mol. The molecule has 1 atom stereocenters. The molecule has 0 spiro atoms. The standard InChI is InChI=1S/C20H20N4/c1-15-8-10-17(11-9-15)12-13-20-19(14-21)22-23-24(20)16(2)18-6-4-3-5-7-18/h3-11,16H,12-13H2,1-2H3. The van der Waals surface area contributed by atoms with Crippen LogP contribution in [0.25, 0.3) is 0 Å². The van der Waals surface area contributed by atoms with Gasteiger partial charge in [-0.1, -0.05) is 65.4 Å². The maximum atomic E-state index is 9.35. The van der Waals surface area contributed by atoms with E-state index in [0.717, 1.165) is 24.1 Å². The zero-order valence-corrected chi connectivity index (χ0v) is 14.0. The minimum absolute atomic E-state index is 0.0498. The summed E-state index contributed by atoms with van der Waals surface area (Å²) in [5, 5.41) is 17.6. The van der Waals surface area contributed by atoms with E-state index in [1.54, 1.807) is 0 Å². The van der Waals surface area contributed by atoms with Crippen molar-refractivity contribution in [1.29, 1.82) is 5.26 Å². The van der Waals surface area contributed by atoms with E-state index in [1.807, 2.05) is 22.9 Å². The highest BCUT2D eigenvalue weighted by atomic mass is 15.4. The first-order chi connectivity index (χ1) is 11.7. The van der Waals surface area contributed by atoms with Crippen molar-refractivity contribution in [3.05, 3.63) is 82.7 Å². The summed E-state index contributed by atoms with van der Waals surface area (Å²) >= 11 is 0. The number of hydrogen-bond acceptors (Lipinski definition) is 3. The zero-order valence-electron chi connectivity index (χ0n) is 14.0.